The van der Waals surface area contributed by atoms with E-state index in [0.29, 0.717) is 6.04 Å². The summed E-state index contributed by atoms with van der Waals surface area (Å²) in [5, 5.41) is 16.8. The van der Waals surface area contributed by atoms with Gasteiger partial charge in [0.05, 0.1) is 19.9 Å². The molecule has 4 nitrogen and oxygen atoms in total. The van der Waals surface area contributed by atoms with Crippen molar-refractivity contribution < 1.29 is 5.11 Å². The Hall–Kier alpha value is -0.160. The van der Waals surface area contributed by atoms with E-state index >= 15 is 0 Å². The Morgan fingerprint density at radius 3 is 3.18 bits per heavy atom. The lowest BCUT2D eigenvalue weighted by Gasteiger charge is -2.37. The number of hydrazine groups is 1. The Balaban J connectivity index is 2.00. The average molecular weight is 157 g/mol. The second-order valence-electron chi connectivity index (χ2n) is 3.21. The first-order chi connectivity index (χ1) is 5.42. The van der Waals surface area contributed by atoms with Crippen LogP contribution < -0.4 is 5.32 Å². The van der Waals surface area contributed by atoms with E-state index in [9.17, 15) is 0 Å². The Morgan fingerprint density at radius 2 is 2.36 bits per heavy atom. The molecule has 0 amide bonds. The summed E-state index contributed by atoms with van der Waals surface area (Å²) in [5.74, 6) is 0. The van der Waals surface area contributed by atoms with Gasteiger partial charge in [0.2, 0.25) is 0 Å². The highest BCUT2D eigenvalue weighted by molar-refractivity contribution is 4.78. The summed E-state index contributed by atoms with van der Waals surface area (Å²) in [6.07, 6.45) is 2.35. The van der Waals surface area contributed by atoms with Crippen LogP contribution in [-0.4, -0.2) is 47.7 Å². The lowest BCUT2D eigenvalue weighted by molar-refractivity contribution is -0.0636. The molecular formula is C7H15N3O. The van der Waals surface area contributed by atoms with E-state index in [4.69, 9.17) is 5.11 Å². The Morgan fingerprint density at radius 1 is 1.45 bits per heavy atom. The molecule has 0 aliphatic carbocycles. The van der Waals surface area contributed by atoms with Crippen molar-refractivity contribution >= 4 is 0 Å². The maximum Gasteiger partial charge on any atom is 0.0638 e. The van der Waals surface area contributed by atoms with Gasteiger partial charge in [0, 0.05) is 12.6 Å². The van der Waals surface area contributed by atoms with Crippen LogP contribution in [0.4, 0.5) is 0 Å². The van der Waals surface area contributed by atoms with Crippen molar-refractivity contribution in [2.24, 2.45) is 0 Å². The molecule has 0 radical (unpaired) electrons. The van der Waals surface area contributed by atoms with Crippen LogP contribution in [0.1, 0.15) is 12.8 Å². The number of rotatable bonds is 1. The number of aliphatic hydroxyl groups is 1. The molecule has 2 heterocycles. The fraction of sp³-hybridized carbons (Fsp3) is 1.00. The van der Waals surface area contributed by atoms with Crippen LogP contribution >= 0.6 is 0 Å². The van der Waals surface area contributed by atoms with Crippen molar-refractivity contribution in [1.82, 2.24) is 15.3 Å². The van der Waals surface area contributed by atoms with Crippen LogP contribution in [0.2, 0.25) is 0 Å². The fourth-order valence-corrected chi connectivity index (χ4v) is 1.90. The highest BCUT2D eigenvalue weighted by Gasteiger charge is 2.31. The van der Waals surface area contributed by atoms with Crippen LogP contribution in [0.5, 0.6) is 0 Å². The summed E-state index contributed by atoms with van der Waals surface area (Å²) in [6.45, 7) is 3.30. The van der Waals surface area contributed by atoms with Gasteiger partial charge in [-0.25, -0.2) is 10.0 Å². The van der Waals surface area contributed by atoms with Crippen molar-refractivity contribution in [3.05, 3.63) is 0 Å². The summed E-state index contributed by atoms with van der Waals surface area (Å²) in [4.78, 5) is 0. The van der Waals surface area contributed by atoms with E-state index in [1.165, 1.54) is 6.42 Å². The van der Waals surface area contributed by atoms with E-state index in [1.54, 1.807) is 0 Å². The molecule has 4 heteroatoms. The van der Waals surface area contributed by atoms with Crippen molar-refractivity contribution in [3.8, 4) is 0 Å². The summed E-state index contributed by atoms with van der Waals surface area (Å²) in [7, 11) is 0. The first kappa shape index (κ1) is 7.49. The summed E-state index contributed by atoms with van der Waals surface area (Å²) >= 11 is 0. The molecule has 2 aliphatic heterocycles. The smallest absolute Gasteiger partial charge is 0.0638 e. The van der Waals surface area contributed by atoms with Gasteiger partial charge in [0.1, 0.15) is 0 Å². The zero-order valence-electron chi connectivity index (χ0n) is 6.66. The summed E-state index contributed by atoms with van der Waals surface area (Å²) in [6, 6.07) is 0.360. The molecular weight excluding hydrogens is 142 g/mol. The monoisotopic (exact) mass is 157 g/mol. The molecule has 64 valence electrons. The van der Waals surface area contributed by atoms with Crippen LogP contribution in [0.3, 0.4) is 0 Å². The third-order valence-electron chi connectivity index (χ3n) is 2.52. The van der Waals surface area contributed by atoms with Crippen LogP contribution in [-0.2, 0) is 0 Å². The Bertz CT molecular complexity index is 142. The third-order valence-corrected chi connectivity index (χ3v) is 2.52. The molecule has 0 aromatic rings. The van der Waals surface area contributed by atoms with E-state index in [1.807, 2.05) is 0 Å². The number of hydrogen-bond donors (Lipinski definition) is 2. The summed E-state index contributed by atoms with van der Waals surface area (Å²) in [5.41, 5.74) is 0. The fourth-order valence-electron chi connectivity index (χ4n) is 1.90. The predicted molar refractivity (Wildman–Crippen MR) is 41.5 cm³/mol. The SMILES string of the molecule is OC[C@@H]1CCCN2CNCN12. The maximum atomic E-state index is 9.04. The van der Waals surface area contributed by atoms with Crippen molar-refractivity contribution in [2.75, 3.05) is 26.5 Å². The normalized spacial score (nSPS) is 34.1. The highest BCUT2D eigenvalue weighted by Crippen LogP contribution is 2.18. The highest BCUT2D eigenvalue weighted by atomic mass is 16.3. The lowest BCUT2D eigenvalue weighted by atomic mass is 10.1. The van der Waals surface area contributed by atoms with Crippen LogP contribution in [0.15, 0.2) is 0 Å². The van der Waals surface area contributed by atoms with Gasteiger partial charge in [0.15, 0.2) is 0 Å². The molecule has 2 aliphatic rings. The number of nitrogens with zero attached hydrogens (tertiary/aromatic N) is 2. The molecule has 11 heavy (non-hydrogen) atoms. The van der Waals surface area contributed by atoms with Gasteiger partial charge in [0.25, 0.3) is 0 Å². The Labute approximate surface area is 66.8 Å². The van der Waals surface area contributed by atoms with Gasteiger partial charge in [-0.15, -0.1) is 0 Å². The maximum absolute atomic E-state index is 9.04. The van der Waals surface area contributed by atoms with Gasteiger partial charge in [-0.05, 0) is 12.8 Å². The van der Waals surface area contributed by atoms with E-state index in [-0.39, 0.29) is 6.61 Å². The van der Waals surface area contributed by atoms with Crippen molar-refractivity contribution in [1.29, 1.82) is 0 Å². The predicted octanol–water partition coefficient (Wildman–Crippen LogP) is -0.822. The van der Waals surface area contributed by atoms with Crippen molar-refractivity contribution in [2.45, 2.75) is 18.9 Å². The third kappa shape index (κ3) is 1.27. The van der Waals surface area contributed by atoms with Gasteiger partial charge in [-0.2, -0.15) is 0 Å². The number of aliphatic hydroxyl groups excluding tert-OH is 1. The first-order valence-electron chi connectivity index (χ1n) is 4.25. The zero-order valence-corrected chi connectivity index (χ0v) is 6.66. The molecule has 2 fully saturated rings. The molecule has 0 unspecified atom stereocenters. The van der Waals surface area contributed by atoms with Crippen LogP contribution in [0.25, 0.3) is 0 Å². The standard InChI is InChI=1S/C7H15N3O/c11-4-7-2-1-3-9-5-8-6-10(7)9/h7-8,11H,1-6H2/t7-/m0/s1. The van der Waals surface area contributed by atoms with E-state index in [2.05, 4.69) is 15.3 Å². The minimum absolute atomic E-state index is 0.290. The molecule has 0 spiro atoms. The molecule has 0 saturated carbocycles. The molecule has 2 rings (SSSR count). The minimum Gasteiger partial charge on any atom is -0.395 e. The van der Waals surface area contributed by atoms with Crippen LogP contribution in [0, 0.1) is 0 Å². The quantitative estimate of drug-likeness (QED) is 0.521. The van der Waals surface area contributed by atoms with E-state index < -0.39 is 0 Å². The van der Waals surface area contributed by atoms with Gasteiger partial charge in [-0.1, -0.05) is 0 Å². The van der Waals surface area contributed by atoms with E-state index in [0.717, 1.165) is 26.3 Å². The minimum atomic E-state index is 0.290. The number of fused-ring (bicyclic) bond motifs is 1. The van der Waals surface area contributed by atoms with Gasteiger partial charge in [-0.3, -0.25) is 5.32 Å². The van der Waals surface area contributed by atoms with Crippen molar-refractivity contribution in [3.63, 3.8) is 0 Å². The molecule has 0 bridgehead atoms. The lowest BCUT2D eigenvalue weighted by Crippen LogP contribution is -2.49. The largest absolute Gasteiger partial charge is 0.395 e. The molecule has 0 aromatic heterocycles. The Kier molecular flexibility index (Phi) is 2.09. The second kappa shape index (κ2) is 3.06. The zero-order chi connectivity index (χ0) is 7.68. The number of hydrogen-bond acceptors (Lipinski definition) is 4. The number of nitrogens with one attached hydrogen (secondary N) is 1. The summed E-state index contributed by atoms with van der Waals surface area (Å²) < 4.78 is 0. The molecule has 2 saturated heterocycles. The molecule has 2 N–H and O–H groups in total. The first-order valence-corrected chi connectivity index (χ1v) is 4.25. The van der Waals surface area contributed by atoms with Gasteiger partial charge >= 0.3 is 0 Å². The molecule has 1 atom stereocenters. The average Bonchev–Trinajstić information content (AvgIpc) is 2.50. The molecule has 0 aromatic carbocycles. The topological polar surface area (TPSA) is 38.7 Å². The van der Waals surface area contributed by atoms with Gasteiger partial charge < -0.3 is 5.11 Å². The second-order valence-corrected chi connectivity index (χ2v) is 3.21.